The van der Waals surface area contributed by atoms with Crippen LogP contribution in [0.25, 0.3) is 0 Å². The van der Waals surface area contributed by atoms with Crippen molar-refractivity contribution in [3.63, 3.8) is 0 Å². The van der Waals surface area contributed by atoms with Crippen LogP contribution in [0.4, 0.5) is 5.69 Å². The van der Waals surface area contributed by atoms with Crippen LogP contribution in [0.2, 0.25) is 0 Å². The number of benzene rings is 1. The molecule has 1 aliphatic rings. The summed E-state index contributed by atoms with van der Waals surface area (Å²) in [5.74, 6) is 0.658. The number of rotatable bonds is 5. The van der Waals surface area contributed by atoms with Crippen molar-refractivity contribution in [3.05, 3.63) is 24.3 Å². The molecule has 6 heteroatoms. The van der Waals surface area contributed by atoms with Gasteiger partial charge >= 0.3 is 0 Å². The highest BCUT2D eigenvalue weighted by molar-refractivity contribution is 7.89. The molecule has 1 aliphatic heterocycles. The van der Waals surface area contributed by atoms with Crippen LogP contribution >= 0.6 is 0 Å². The molecule has 0 radical (unpaired) electrons. The fourth-order valence-electron chi connectivity index (χ4n) is 2.58. The predicted octanol–water partition coefficient (Wildman–Crippen LogP) is 1.11. The number of hydrogen-bond donors (Lipinski definition) is 1. The molecule has 112 valence electrons. The van der Waals surface area contributed by atoms with Gasteiger partial charge in [0, 0.05) is 32.9 Å². The summed E-state index contributed by atoms with van der Waals surface area (Å²) in [6, 6.07) is 7.14. The van der Waals surface area contributed by atoms with E-state index < -0.39 is 10.0 Å². The topological polar surface area (TPSA) is 66.6 Å². The number of sulfonamides is 1. The molecular formula is C14H23N3O2S. The SMILES string of the molecule is CN(C)S(=O)(=O)c1ccc(N2CCC(CCN)C2)cc1. The Bertz CT molecular complexity index is 540. The van der Waals surface area contributed by atoms with Gasteiger partial charge in [-0.05, 0) is 49.6 Å². The molecule has 1 saturated heterocycles. The van der Waals surface area contributed by atoms with Crippen LogP contribution < -0.4 is 10.6 Å². The summed E-state index contributed by atoms with van der Waals surface area (Å²) < 4.78 is 25.2. The summed E-state index contributed by atoms with van der Waals surface area (Å²) in [6.07, 6.45) is 2.22. The molecule has 1 aromatic rings. The molecule has 0 spiro atoms. The van der Waals surface area contributed by atoms with Crippen LogP contribution in [0, 0.1) is 5.92 Å². The third-order valence-electron chi connectivity index (χ3n) is 3.84. The summed E-state index contributed by atoms with van der Waals surface area (Å²) >= 11 is 0. The quantitative estimate of drug-likeness (QED) is 0.884. The fourth-order valence-corrected chi connectivity index (χ4v) is 3.48. The van der Waals surface area contributed by atoms with Crippen LogP contribution in [0.15, 0.2) is 29.2 Å². The molecule has 0 aromatic heterocycles. The lowest BCUT2D eigenvalue weighted by molar-refractivity contribution is 0.520. The molecule has 2 N–H and O–H groups in total. The largest absolute Gasteiger partial charge is 0.371 e. The molecule has 0 bridgehead atoms. The minimum absolute atomic E-state index is 0.337. The lowest BCUT2D eigenvalue weighted by Gasteiger charge is -2.19. The van der Waals surface area contributed by atoms with Crippen LogP contribution in [-0.2, 0) is 10.0 Å². The minimum atomic E-state index is -3.34. The lowest BCUT2D eigenvalue weighted by atomic mass is 10.1. The first-order chi connectivity index (χ1) is 9.45. The van der Waals surface area contributed by atoms with E-state index in [1.807, 2.05) is 12.1 Å². The van der Waals surface area contributed by atoms with Gasteiger partial charge in [0.1, 0.15) is 0 Å². The van der Waals surface area contributed by atoms with Gasteiger partial charge in [-0.15, -0.1) is 0 Å². The second-order valence-electron chi connectivity index (χ2n) is 5.46. The van der Waals surface area contributed by atoms with Crippen molar-refractivity contribution in [2.24, 2.45) is 11.7 Å². The molecule has 0 aliphatic carbocycles. The summed E-state index contributed by atoms with van der Waals surface area (Å²) in [7, 11) is -0.253. The van der Waals surface area contributed by atoms with Crippen molar-refractivity contribution in [2.45, 2.75) is 17.7 Å². The Morgan fingerprint density at radius 3 is 2.50 bits per heavy atom. The third kappa shape index (κ3) is 3.13. The zero-order valence-corrected chi connectivity index (χ0v) is 12.9. The predicted molar refractivity (Wildman–Crippen MR) is 81.3 cm³/mol. The van der Waals surface area contributed by atoms with Crippen LogP contribution in [-0.4, -0.2) is 46.5 Å². The van der Waals surface area contributed by atoms with Crippen LogP contribution in [0.3, 0.4) is 0 Å². The van der Waals surface area contributed by atoms with Gasteiger partial charge in [0.2, 0.25) is 10.0 Å². The van der Waals surface area contributed by atoms with Gasteiger partial charge in [0.15, 0.2) is 0 Å². The summed E-state index contributed by atoms with van der Waals surface area (Å²) in [4.78, 5) is 2.63. The molecule has 0 saturated carbocycles. The smallest absolute Gasteiger partial charge is 0.242 e. The summed E-state index contributed by atoms with van der Waals surface area (Å²) in [5.41, 5.74) is 6.68. The Morgan fingerprint density at radius 2 is 1.95 bits per heavy atom. The Morgan fingerprint density at radius 1 is 1.30 bits per heavy atom. The van der Waals surface area contributed by atoms with E-state index in [0.717, 1.165) is 38.2 Å². The Hall–Kier alpha value is -1.11. The lowest BCUT2D eigenvalue weighted by Crippen LogP contribution is -2.23. The van der Waals surface area contributed by atoms with Gasteiger partial charge in [0.25, 0.3) is 0 Å². The Balaban J connectivity index is 2.10. The highest BCUT2D eigenvalue weighted by atomic mass is 32.2. The maximum atomic E-state index is 12.0. The maximum absolute atomic E-state index is 12.0. The molecule has 1 unspecified atom stereocenters. The van der Waals surface area contributed by atoms with Crippen molar-refractivity contribution >= 4 is 15.7 Å². The molecule has 1 fully saturated rings. The second-order valence-corrected chi connectivity index (χ2v) is 7.61. The van der Waals surface area contributed by atoms with E-state index in [4.69, 9.17) is 5.73 Å². The Labute approximate surface area is 121 Å². The van der Waals surface area contributed by atoms with E-state index in [0.29, 0.717) is 10.8 Å². The summed E-state index contributed by atoms with van der Waals surface area (Å²) in [6.45, 7) is 2.76. The fraction of sp³-hybridized carbons (Fsp3) is 0.571. The van der Waals surface area contributed by atoms with E-state index in [-0.39, 0.29) is 0 Å². The van der Waals surface area contributed by atoms with Gasteiger partial charge < -0.3 is 10.6 Å². The zero-order chi connectivity index (χ0) is 14.8. The van der Waals surface area contributed by atoms with Crippen molar-refractivity contribution < 1.29 is 8.42 Å². The van der Waals surface area contributed by atoms with E-state index >= 15 is 0 Å². The molecule has 2 rings (SSSR count). The second kappa shape index (κ2) is 6.11. The van der Waals surface area contributed by atoms with Gasteiger partial charge in [0.05, 0.1) is 4.90 Å². The van der Waals surface area contributed by atoms with Gasteiger partial charge in [-0.1, -0.05) is 0 Å². The van der Waals surface area contributed by atoms with Gasteiger partial charge in [-0.3, -0.25) is 0 Å². The van der Waals surface area contributed by atoms with Crippen molar-refractivity contribution in [1.29, 1.82) is 0 Å². The maximum Gasteiger partial charge on any atom is 0.242 e. The highest BCUT2D eigenvalue weighted by Gasteiger charge is 2.23. The number of hydrogen-bond acceptors (Lipinski definition) is 4. The van der Waals surface area contributed by atoms with Gasteiger partial charge in [-0.2, -0.15) is 0 Å². The van der Waals surface area contributed by atoms with Crippen molar-refractivity contribution in [2.75, 3.05) is 38.6 Å². The molecule has 1 heterocycles. The minimum Gasteiger partial charge on any atom is -0.371 e. The van der Waals surface area contributed by atoms with Gasteiger partial charge in [-0.25, -0.2) is 12.7 Å². The van der Waals surface area contributed by atoms with Crippen molar-refractivity contribution in [1.82, 2.24) is 4.31 Å². The highest BCUT2D eigenvalue weighted by Crippen LogP contribution is 2.26. The summed E-state index contributed by atoms with van der Waals surface area (Å²) in [5, 5.41) is 0. The average molecular weight is 297 g/mol. The van der Waals surface area contributed by atoms with E-state index in [1.165, 1.54) is 4.31 Å². The normalized spacial score (nSPS) is 19.8. The molecular weight excluding hydrogens is 274 g/mol. The molecule has 20 heavy (non-hydrogen) atoms. The standard InChI is InChI=1S/C14H23N3O2S/c1-16(2)20(18,19)14-5-3-13(4-6-14)17-10-8-12(11-17)7-9-15/h3-6,12H,7-11,15H2,1-2H3. The first kappa shape index (κ1) is 15.3. The van der Waals surface area contributed by atoms with E-state index in [9.17, 15) is 8.42 Å². The molecule has 0 amide bonds. The third-order valence-corrected chi connectivity index (χ3v) is 5.67. The first-order valence-electron chi connectivity index (χ1n) is 6.92. The molecule has 1 aromatic carbocycles. The van der Waals surface area contributed by atoms with Crippen LogP contribution in [0.5, 0.6) is 0 Å². The zero-order valence-electron chi connectivity index (χ0n) is 12.1. The Kier molecular flexibility index (Phi) is 4.67. The number of nitrogens with zero attached hydrogens (tertiary/aromatic N) is 2. The molecule has 1 atom stereocenters. The van der Waals surface area contributed by atoms with Crippen molar-refractivity contribution in [3.8, 4) is 0 Å². The van der Waals surface area contributed by atoms with E-state index in [2.05, 4.69) is 4.90 Å². The van der Waals surface area contributed by atoms with Crippen LogP contribution in [0.1, 0.15) is 12.8 Å². The monoisotopic (exact) mass is 297 g/mol. The number of nitrogens with two attached hydrogens (primary N) is 1. The van der Waals surface area contributed by atoms with E-state index in [1.54, 1.807) is 26.2 Å². The molecule has 5 nitrogen and oxygen atoms in total. The average Bonchev–Trinajstić information content (AvgIpc) is 2.88. The number of anilines is 1. The first-order valence-corrected chi connectivity index (χ1v) is 8.36.